The molecule has 0 aliphatic rings. The van der Waals surface area contributed by atoms with Gasteiger partial charge in [-0.1, -0.05) is 11.6 Å². The molecule has 0 unspecified atom stereocenters. The van der Waals surface area contributed by atoms with Gasteiger partial charge in [0.25, 0.3) is 5.91 Å². The van der Waals surface area contributed by atoms with E-state index in [1.54, 1.807) is 13.2 Å². The van der Waals surface area contributed by atoms with Crippen LogP contribution in [0.2, 0.25) is 4.34 Å². The highest BCUT2D eigenvalue weighted by atomic mass is 35.5. The average Bonchev–Trinajstić information content (AvgIpc) is 2.74. The van der Waals surface area contributed by atoms with Crippen molar-refractivity contribution in [3.05, 3.63) is 21.3 Å². The lowest BCUT2D eigenvalue weighted by Gasteiger charge is -2.24. The summed E-state index contributed by atoms with van der Waals surface area (Å²) in [5, 5.41) is 2.71. The fraction of sp³-hybridized carbons (Fsp3) is 0.538. The van der Waals surface area contributed by atoms with Gasteiger partial charge in [0.05, 0.1) is 4.34 Å². The molecular weight excluding hydrogens is 302 g/mol. The smallest absolute Gasteiger partial charge is 0.303 e. The summed E-state index contributed by atoms with van der Waals surface area (Å²) in [6, 6.07) is 3.63. The Morgan fingerprint density at radius 1 is 1.45 bits per heavy atom. The minimum absolute atomic E-state index is 0.275. The maximum Gasteiger partial charge on any atom is 0.303 e. The maximum absolute atomic E-state index is 12.0. The minimum Gasteiger partial charge on any atom is -0.450 e. The highest BCUT2D eigenvalue weighted by Gasteiger charge is 2.31. The van der Waals surface area contributed by atoms with E-state index in [4.69, 9.17) is 21.1 Å². The Hall–Kier alpha value is -1.11. The summed E-state index contributed by atoms with van der Waals surface area (Å²) >= 11 is 7.27. The molecular formula is C13H18ClNO4S. The highest BCUT2D eigenvalue weighted by Crippen LogP contribution is 2.28. The zero-order valence-electron chi connectivity index (χ0n) is 11.9. The minimum atomic E-state index is -1.21. The predicted octanol–water partition coefficient (Wildman–Crippen LogP) is 2.55. The van der Waals surface area contributed by atoms with Crippen molar-refractivity contribution in [3.63, 3.8) is 0 Å². The molecule has 1 rings (SSSR count). The predicted molar refractivity (Wildman–Crippen MR) is 77.9 cm³/mol. The number of amides is 1. The van der Waals surface area contributed by atoms with Gasteiger partial charge in [-0.15, -0.1) is 11.3 Å². The molecule has 20 heavy (non-hydrogen) atoms. The number of halogens is 1. The molecule has 0 saturated carbocycles. The molecule has 0 aliphatic carbocycles. The number of thiophene rings is 1. The zero-order valence-corrected chi connectivity index (χ0v) is 13.4. The third kappa shape index (κ3) is 4.77. The number of esters is 1. The van der Waals surface area contributed by atoms with E-state index >= 15 is 0 Å². The second-order valence-corrected chi connectivity index (χ2v) is 6.43. The molecule has 1 N–H and O–H groups in total. The molecule has 0 radical (unpaired) electrons. The number of carbonyl (C=O) groups excluding carboxylic acids is 2. The molecule has 1 heterocycles. The van der Waals surface area contributed by atoms with E-state index in [1.807, 2.05) is 6.07 Å². The number of hydrogen-bond acceptors (Lipinski definition) is 5. The van der Waals surface area contributed by atoms with E-state index in [2.05, 4.69) is 5.32 Å². The molecule has 0 bridgehead atoms. The van der Waals surface area contributed by atoms with Gasteiger partial charge in [0.1, 0.15) is 6.10 Å². The van der Waals surface area contributed by atoms with Crippen LogP contribution >= 0.6 is 22.9 Å². The van der Waals surface area contributed by atoms with E-state index in [1.165, 1.54) is 32.1 Å². The van der Waals surface area contributed by atoms with Crippen molar-refractivity contribution < 1.29 is 19.1 Å². The van der Waals surface area contributed by atoms with Gasteiger partial charge in [-0.2, -0.15) is 0 Å². The summed E-state index contributed by atoms with van der Waals surface area (Å²) < 4.78 is 10.9. The summed E-state index contributed by atoms with van der Waals surface area (Å²) in [5.74, 6) is -0.879. The van der Waals surface area contributed by atoms with Crippen LogP contribution in [0.4, 0.5) is 0 Å². The van der Waals surface area contributed by atoms with E-state index in [0.29, 0.717) is 4.34 Å². The van der Waals surface area contributed by atoms with Crippen LogP contribution in [0.1, 0.15) is 31.8 Å². The van der Waals surface area contributed by atoms with Crippen molar-refractivity contribution in [2.24, 2.45) is 0 Å². The second kappa shape index (κ2) is 7.06. The van der Waals surface area contributed by atoms with Gasteiger partial charge in [-0.05, 0) is 26.0 Å². The Morgan fingerprint density at radius 3 is 2.55 bits per heavy atom. The van der Waals surface area contributed by atoms with Crippen molar-refractivity contribution in [2.75, 3.05) is 13.7 Å². The summed E-state index contributed by atoms with van der Waals surface area (Å²) in [6.07, 6.45) is -0.287. The molecule has 7 heteroatoms. The highest BCUT2D eigenvalue weighted by molar-refractivity contribution is 7.16. The zero-order chi connectivity index (χ0) is 15.3. The van der Waals surface area contributed by atoms with Gasteiger partial charge in [0.15, 0.2) is 5.60 Å². The largest absolute Gasteiger partial charge is 0.450 e. The Bertz CT molecular complexity index is 486. The molecule has 112 valence electrons. The van der Waals surface area contributed by atoms with E-state index < -0.39 is 11.6 Å². The van der Waals surface area contributed by atoms with Gasteiger partial charge in [-0.25, -0.2) is 0 Å². The van der Waals surface area contributed by atoms with Crippen LogP contribution in [0.5, 0.6) is 0 Å². The van der Waals surface area contributed by atoms with Crippen molar-refractivity contribution in [1.29, 1.82) is 0 Å². The topological polar surface area (TPSA) is 64.6 Å². The van der Waals surface area contributed by atoms with E-state index in [9.17, 15) is 9.59 Å². The Morgan fingerprint density at radius 2 is 2.10 bits per heavy atom. The number of rotatable bonds is 6. The van der Waals surface area contributed by atoms with Crippen LogP contribution in [-0.2, 0) is 19.1 Å². The van der Waals surface area contributed by atoms with Crippen LogP contribution in [0.15, 0.2) is 12.1 Å². The second-order valence-electron chi connectivity index (χ2n) is 4.68. The lowest BCUT2D eigenvalue weighted by Crippen LogP contribution is -2.46. The Balaban J connectivity index is 2.60. The molecule has 5 nitrogen and oxygen atoms in total. The number of ether oxygens (including phenoxy) is 2. The number of methoxy groups -OCH3 is 1. The normalized spacial score (nSPS) is 12.8. The average molecular weight is 320 g/mol. The van der Waals surface area contributed by atoms with Crippen molar-refractivity contribution in [3.8, 4) is 0 Å². The van der Waals surface area contributed by atoms with Crippen LogP contribution in [0.3, 0.4) is 0 Å². The fourth-order valence-electron chi connectivity index (χ4n) is 1.61. The van der Waals surface area contributed by atoms with Crippen molar-refractivity contribution in [1.82, 2.24) is 5.32 Å². The molecule has 0 fully saturated rings. The van der Waals surface area contributed by atoms with Gasteiger partial charge in [-0.3, -0.25) is 9.59 Å². The van der Waals surface area contributed by atoms with E-state index in [0.717, 1.165) is 4.88 Å². The lowest BCUT2D eigenvalue weighted by molar-refractivity contribution is -0.163. The third-order valence-electron chi connectivity index (χ3n) is 2.59. The molecule has 0 aliphatic heterocycles. The first-order chi connectivity index (χ1) is 9.26. The number of nitrogens with one attached hydrogen (secondary N) is 1. The first kappa shape index (κ1) is 16.9. The van der Waals surface area contributed by atoms with Crippen molar-refractivity contribution in [2.45, 2.75) is 32.5 Å². The summed E-state index contributed by atoms with van der Waals surface area (Å²) in [6.45, 7) is 4.61. The monoisotopic (exact) mass is 319 g/mol. The lowest BCUT2D eigenvalue weighted by atomic mass is 10.1. The van der Waals surface area contributed by atoms with Gasteiger partial charge in [0, 0.05) is 25.5 Å². The Kier molecular flexibility index (Phi) is 5.98. The summed E-state index contributed by atoms with van der Waals surface area (Å²) in [4.78, 5) is 23.9. The van der Waals surface area contributed by atoms with Gasteiger partial charge < -0.3 is 14.8 Å². The fourth-order valence-corrected chi connectivity index (χ4v) is 2.74. The molecule has 0 spiro atoms. The van der Waals surface area contributed by atoms with E-state index in [-0.39, 0.29) is 18.6 Å². The van der Waals surface area contributed by atoms with Crippen LogP contribution in [0, 0.1) is 0 Å². The first-order valence-corrected chi connectivity index (χ1v) is 7.21. The van der Waals surface area contributed by atoms with Gasteiger partial charge >= 0.3 is 5.97 Å². The maximum atomic E-state index is 12.0. The van der Waals surface area contributed by atoms with Crippen molar-refractivity contribution >= 4 is 34.8 Å². The molecule has 1 aromatic heterocycles. The first-order valence-electron chi connectivity index (χ1n) is 6.02. The SMILES string of the molecule is CO[C@H](CNC(=O)C(C)(C)OC(C)=O)c1ccc(Cl)s1. The van der Waals surface area contributed by atoms with Crippen LogP contribution < -0.4 is 5.32 Å². The Labute approximate surface area is 127 Å². The molecule has 1 aromatic rings. The van der Waals surface area contributed by atoms with Crippen LogP contribution in [0.25, 0.3) is 0 Å². The molecule has 0 saturated heterocycles. The number of hydrogen-bond donors (Lipinski definition) is 1. The third-order valence-corrected chi connectivity index (χ3v) is 3.91. The summed E-state index contributed by atoms with van der Waals surface area (Å²) in [7, 11) is 1.56. The van der Waals surface area contributed by atoms with Gasteiger partial charge in [0.2, 0.25) is 0 Å². The standard InChI is InChI=1S/C13H18ClNO4S/c1-8(16)19-13(2,3)12(17)15-7-9(18-4)10-5-6-11(14)20-10/h5-6,9H,7H2,1-4H3,(H,15,17)/t9-/m1/s1. The molecule has 1 atom stereocenters. The number of carbonyl (C=O) groups is 2. The summed E-state index contributed by atoms with van der Waals surface area (Å²) in [5.41, 5.74) is -1.21. The van der Waals surface area contributed by atoms with Crippen LogP contribution in [-0.4, -0.2) is 31.1 Å². The molecule has 0 aromatic carbocycles. The quantitative estimate of drug-likeness (QED) is 0.818. The molecule has 1 amide bonds.